The fraction of sp³-hybridized carbons (Fsp3) is 0.0833. The number of aryl methyl sites for hydroxylation is 1. The molecule has 1 heterocycles. The summed E-state index contributed by atoms with van der Waals surface area (Å²) < 4.78 is 1.89. The maximum absolute atomic E-state index is 13.5. The predicted octanol–water partition coefficient (Wildman–Crippen LogP) is 6.90. The molecule has 4 nitrogen and oxygen atoms in total. The molecule has 0 saturated heterocycles. The number of carbonyl (C=O) groups excluding carboxylic acids is 1. The van der Waals surface area contributed by atoms with Gasteiger partial charge in [0.1, 0.15) is 5.82 Å². The molecule has 3 aromatic carbocycles. The Labute approximate surface area is 194 Å². The number of amides is 1. The minimum absolute atomic E-state index is 0.217. The molecule has 0 radical (unpaired) electrons. The molecule has 1 N–H and O–H groups in total. The average Bonchev–Trinajstić information content (AvgIpc) is 2.75. The first-order valence-corrected chi connectivity index (χ1v) is 10.7. The van der Waals surface area contributed by atoms with Crippen molar-refractivity contribution in [3.05, 3.63) is 97.6 Å². The van der Waals surface area contributed by atoms with Crippen molar-refractivity contribution in [3.63, 3.8) is 0 Å². The minimum Gasteiger partial charge on any atom is -0.327 e. The second-order valence-corrected chi connectivity index (χ2v) is 8.12. The van der Waals surface area contributed by atoms with E-state index in [4.69, 9.17) is 34.8 Å². The van der Waals surface area contributed by atoms with Crippen LogP contribution in [-0.2, 0) is 6.54 Å². The zero-order valence-corrected chi connectivity index (χ0v) is 18.7. The molecule has 0 aliphatic rings. The number of hydrogen-bond donors (Lipinski definition) is 1. The lowest BCUT2D eigenvalue weighted by Crippen LogP contribution is -2.22. The molecule has 4 aromatic rings. The highest BCUT2D eigenvalue weighted by Gasteiger charge is 2.22. The lowest BCUT2D eigenvalue weighted by atomic mass is 10.0. The first-order valence-electron chi connectivity index (χ1n) is 9.59. The maximum Gasteiger partial charge on any atom is 0.258 e. The molecular weight excluding hydrogens is 455 g/mol. The van der Waals surface area contributed by atoms with E-state index in [-0.39, 0.29) is 16.0 Å². The molecule has 0 spiro atoms. The van der Waals surface area contributed by atoms with Gasteiger partial charge in [-0.05, 0) is 43.3 Å². The quantitative estimate of drug-likeness (QED) is 0.352. The molecule has 0 aliphatic carbocycles. The predicted molar refractivity (Wildman–Crippen MR) is 129 cm³/mol. The molecule has 1 amide bonds. The molecule has 4 rings (SSSR count). The summed E-state index contributed by atoms with van der Waals surface area (Å²) in [6.45, 7) is 2.46. The summed E-state index contributed by atoms with van der Waals surface area (Å²) in [5.74, 6) is -0.0952. The number of carbonyl (C=O) groups is 1. The maximum atomic E-state index is 13.5. The molecular formula is C24H17Cl3N2O2. The number of rotatable bonds is 4. The molecule has 0 bridgehead atoms. The number of nitrogens with zero attached hydrogens (tertiary/aromatic N) is 1. The summed E-state index contributed by atoms with van der Waals surface area (Å²) in [7, 11) is 0. The van der Waals surface area contributed by atoms with Crippen LogP contribution in [0.5, 0.6) is 0 Å². The number of fused-ring (bicyclic) bond motifs is 1. The van der Waals surface area contributed by atoms with E-state index < -0.39 is 5.91 Å². The van der Waals surface area contributed by atoms with E-state index in [1.165, 1.54) is 6.07 Å². The van der Waals surface area contributed by atoms with Crippen LogP contribution < -0.4 is 10.7 Å². The zero-order valence-electron chi connectivity index (χ0n) is 16.5. The Balaban J connectivity index is 2.01. The molecule has 1 aromatic heterocycles. The molecule has 7 heteroatoms. The molecule has 0 fully saturated rings. The summed E-state index contributed by atoms with van der Waals surface area (Å²) in [5.41, 5.74) is 1.61. The third-order valence-electron chi connectivity index (χ3n) is 5.04. The average molecular weight is 472 g/mol. The largest absolute Gasteiger partial charge is 0.327 e. The number of benzene rings is 3. The van der Waals surface area contributed by atoms with Crippen molar-refractivity contribution in [2.24, 2.45) is 0 Å². The van der Waals surface area contributed by atoms with Crippen LogP contribution in [0.1, 0.15) is 17.3 Å². The lowest BCUT2D eigenvalue weighted by molar-refractivity contribution is 0.102. The van der Waals surface area contributed by atoms with E-state index in [2.05, 4.69) is 5.32 Å². The van der Waals surface area contributed by atoms with Crippen LogP contribution in [-0.4, -0.2) is 10.5 Å². The number of para-hydroxylation sites is 1. The zero-order chi connectivity index (χ0) is 22.1. The van der Waals surface area contributed by atoms with E-state index in [9.17, 15) is 9.59 Å². The summed E-state index contributed by atoms with van der Waals surface area (Å²) in [6, 6.07) is 19.0. The number of hydrogen-bond acceptors (Lipinski definition) is 2. The Morgan fingerprint density at radius 1 is 0.935 bits per heavy atom. The van der Waals surface area contributed by atoms with Gasteiger partial charge in [-0.25, -0.2) is 0 Å². The van der Waals surface area contributed by atoms with Gasteiger partial charge in [0, 0.05) is 27.5 Å². The van der Waals surface area contributed by atoms with Gasteiger partial charge < -0.3 is 9.88 Å². The van der Waals surface area contributed by atoms with Gasteiger partial charge in [-0.1, -0.05) is 65.1 Å². The van der Waals surface area contributed by atoms with Crippen molar-refractivity contribution in [1.29, 1.82) is 0 Å². The second kappa shape index (κ2) is 8.75. The molecule has 156 valence electrons. The standard InChI is InChI=1S/C24H17Cl3N2O2/c1-2-29-20-10-6-4-8-17(20)22(30)21(15-7-3-5-9-18(15)26)23(29)28-24(31)16-12-11-14(25)13-19(16)27/h3-13H,2H2,1H3,(H,28,31). The highest BCUT2D eigenvalue weighted by molar-refractivity contribution is 6.37. The van der Waals surface area contributed by atoms with Gasteiger partial charge in [0.25, 0.3) is 5.91 Å². The topological polar surface area (TPSA) is 51.1 Å². The van der Waals surface area contributed by atoms with Crippen LogP contribution in [0.15, 0.2) is 71.5 Å². The SMILES string of the molecule is CCn1c(NC(=O)c2ccc(Cl)cc2Cl)c(-c2ccccc2Cl)c(=O)c2ccccc21. The normalized spacial score (nSPS) is 11.0. The van der Waals surface area contributed by atoms with Crippen LogP contribution in [0.25, 0.3) is 22.0 Å². The van der Waals surface area contributed by atoms with Crippen molar-refractivity contribution in [2.45, 2.75) is 13.5 Å². The molecule has 0 unspecified atom stereocenters. The molecule has 0 atom stereocenters. The summed E-state index contributed by atoms with van der Waals surface area (Å²) >= 11 is 18.6. The fourth-order valence-corrected chi connectivity index (χ4v) is 4.34. The van der Waals surface area contributed by atoms with Gasteiger partial charge in [0.15, 0.2) is 5.43 Å². The van der Waals surface area contributed by atoms with Gasteiger partial charge in [-0.15, -0.1) is 0 Å². The minimum atomic E-state index is -0.452. The van der Waals surface area contributed by atoms with E-state index >= 15 is 0 Å². The van der Waals surface area contributed by atoms with Crippen LogP contribution in [0.2, 0.25) is 15.1 Å². The number of aromatic nitrogens is 1. The number of anilines is 1. The van der Waals surface area contributed by atoms with Crippen LogP contribution >= 0.6 is 34.8 Å². The highest BCUT2D eigenvalue weighted by atomic mass is 35.5. The van der Waals surface area contributed by atoms with E-state index in [1.54, 1.807) is 42.5 Å². The van der Waals surface area contributed by atoms with Crippen LogP contribution in [0, 0.1) is 0 Å². The highest BCUT2D eigenvalue weighted by Crippen LogP contribution is 2.34. The number of nitrogens with one attached hydrogen (secondary N) is 1. The Bertz CT molecular complexity index is 1380. The van der Waals surface area contributed by atoms with Crippen molar-refractivity contribution in [3.8, 4) is 11.1 Å². The van der Waals surface area contributed by atoms with Crippen molar-refractivity contribution in [2.75, 3.05) is 5.32 Å². The van der Waals surface area contributed by atoms with Gasteiger partial charge in [-0.2, -0.15) is 0 Å². The summed E-state index contributed by atoms with van der Waals surface area (Å²) in [5, 5.41) is 4.50. The van der Waals surface area contributed by atoms with E-state index in [1.807, 2.05) is 29.7 Å². The second-order valence-electron chi connectivity index (χ2n) is 6.87. The van der Waals surface area contributed by atoms with Gasteiger partial charge in [0.2, 0.25) is 0 Å². The third kappa shape index (κ3) is 3.94. The van der Waals surface area contributed by atoms with Gasteiger partial charge in [-0.3, -0.25) is 9.59 Å². The van der Waals surface area contributed by atoms with Crippen molar-refractivity contribution in [1.82, 2.24) is 4.57 Å². The summed E-state index contributed by atoms with van der Waals surface area (Å²) in [4.78, 5) is 26.7. The molecule has 0 aliphatic heterocycles. The van der Waals surface area contributed by atoms with E-state index in [0.29, 0.717) is 44.4 Å². The summed E-state index contributed by atoms with van der Waals surface area (Å²) in [6.07, 6.45) is 0. The van der Waals surface area contributed by atoms with Crippen LogP contribution in [0.4, 0.5) is 5.82 Å². The van der Waals surface area contributed by atoms with Gasteiger partial charge in [0.05, 0.1) is 21.7 Å². The first-order chi connectivity index (χ1) is 14.9. The monoisotopic (exact) mass is 470 g/mol. The number of halogens is 3. The molecule has 0 saturated carbocycles. The van der Waals surface area contributed by atoms with Crippen molar-refractivity contribution >= 4 is 57.4 Å². The van der Waals surface area contributed by atoms with Crippen LogP contribution in [0.3, 0.4) is 0 Å². The molecule has 31 heavy (non-hydrogen) atoms. The van der Waals surface area contributed by atoms with Crippen molar-refractivity contribution < 1.29 is 4.79 Å². The Morgan fingerprint density at radius 3 is 2.35 bits per heavy atom. The Kier molecular flexibility index (Phi) is 6.05. The lowest BCUT2D eigenvalue weighted by Gasteiger charge is -2.21. The first kappa shape index (κ1) is 21.4. The Hall–Kier alpha value is -2.79. The smallest absolute Gasteiger partial charge is 0.258 e. The van der Waals surface area contributed by atoms with Gasteiger partial charge >= 0.3 is 0 Å². The van der Waals surface area contributed by atoms with E-state index in [0.717, 1.165) is 0 Å². The fourth-order valence-electron chi connectivity index (χ4n) is 3.62. The Morgan fingerprint density at radius 2 is 1.65 bits per heavy atom. The number of pyridine rings is 1. The third-order valence-corrected chi connectivity index (χ3v) is 5.92.